The Balaban J connectivity index is 1.68. The Bertz CT molecular complexity index is 868. The minimum absolute atomic E-state index is 0.0366. The standard InChI is InChI=1S/C23H27N3O3/c24-15-18-3-1-2-17(14-18)4-7-20(23(29)10-12-25-13-11-23)16-26-21-8-5-19(6-9-21)22(27)28/h1-3,5-6,8-9,14,20,25-26,29H,4,7,10-13,16H2,(H,27,28). The van der Waals surface area contributed by atoms with Crippen LogP contribution in [0.25, 0.3) is 0 Å². The van der Waals surface area contributed by atoms with Crippen molar-refractivity contribution in [3.8, 4) is 6.07 Å². The first-order valence-electron chi connectivity index (χ1n) is 9.99. The number of aromatic carboxylic acids is 1. The highest BCUT2D eigenvalue weighted by atomic mass is 16.4. The lowest BCUT2D eigenvalue weighted by molar-refractivity contribution is -0.0418. The number of carboxylic acids is 1. The molecule has 6 nitrogen and oxygen atoms in total. The molecule has 1 aliphatic rings. The van der Waals surface area contributed by atoms with E-state index in [2.05, 4.69) is 16.7 Å². The first kappa shape index (κ1) is 20.8. The van der Waals surface area contributed by atoms with E-state index in [0.29, 0.717) is 24.9 Å². The summed E-state index contributed by atoms with van der Waals surface area (Å²) in [6.07, 6.45) is 2.99. The number of carboxylic acid groups (broad SMARTS) is 1. The van der Waals surface area contributed by atoms with Crippen LogP contribution in [0.3, 0.4) is 0 Å². The third-order valence-electron chi connectivity index (χ3n) is 5.75. The van der Waals surface area contributed by atoms with Crippen LogP contribution < -0.4 is 10.6 Å². The van der Waals surface area contributed by atoms with Gasteiger partial charge in [0.2, 0.25) is 0 Å². The van der Waals surface area contributed by atoms with Gasteiger partial charge in [-0.05, 0) is 80.7 Å². The van der Waals surface area contributed by atoms with Crippen LogP contribution in [-0.2, 0) is 6.42 Å². The van der Waals surface area contributed by atoms with E-state index in [1.54, 1.807) is 30.3 Å². The van der Waals surface area contributed by atoms with Crippen LogP contribution in [0.2, 0.25) is 0 Å². The third-order valence-corrected chi connectivity index (χ3v) is 5.75. The molecule has 1 unspecified atom stereocenters. The van der Waals surface area contributed by atoms with Crippen molar-refractivity contribution in [2.75, 3.05) is 25.0 Å². The number of nitriles is 1. The van der Waals surface area contributed by atoms with Gasteiger partial charge in [0.15, 0.2) is 0 Å². The van der Waals surface area contributed by atoms with Crippen LogP contribution in [0.1, 0.15) is 40.7 Å². The highest BCUT2D eigenvalue weighted by Crippen LogP contribution is 2.31. The van der Waals surface area contributed by atoms with Crippen molar-refractivity contribution >= 4 is 11.7 Å². The Kier molecular flexibility index (Phi) is 6.86. The number of aliphatic hydroxyl groups is 1. The second-order valence-corrected chi connectivity index (χ2v) is 7.66. The zero-order chi connectivity index (χ0) is 20.7. The molecule has 0 bridgehead atoms. The Morgan fingerprint density at radius 2 is 1.93 bits per heavy atom. The third kappa shape index (κ3) is 5.57. The summed E-state index contributed by atoms with van der Waals surface area (Å²) >= 11 is 0. The molecule has 29 heavy (non-hydrogen) atoms. The SMILES string of the molecule is N#Cc1cccc(CCC(CNc2ccc(C(=O)O)cc2)C2(O)CCNCC2)c1. The van der Waals surface area contributed by atoms with Gasteiger partial charge in [-0.3, -0.25) is 0 Å². The number of hydrogen-bond donors (Lipinski definition) is 4. The van der Waals surface area contributed by atoms with Gasteiger partial charge in [0.25, 0.3) is 0 Å². The average Bonchev–Trinajstić information content (AvgIpc) is 2.74. The Hall–Kier alpha value is -2.88. The van der Waals surface area contributed by atoms with Crippen LogP contribution in [0, 0.1) is 17.2 Å². The van der Waals surface area contributed by atoms with Gasteiger partial charge < -0.3 is 20.8 Å². The van der Waals surface area contributed by atoms with Crippen molar-refractivity contribution in [3.05, 3.63) is 65.2 Å². The van der Waals surface area contributed by atoms with Gasteiger partial charge in [0.1, 0.15) is 0 Å². The predicted octanol–water partition coefficient (Wildman–Crippen LogP) is 3.03. The van der Waals surface area contributed by atoms with Crippen LogP contribution in [0.4, 0.5) is 5.69 Å². The van der Waals surface area contributed by atoms with Crippen LogP contribution in [0.15, 0.2) is 48.5 Å². The fourth-order valence-electron chi connectivity index (χ4n) is 3.94. The van der Waals surface area contributed by atoms with Crippen molar-refractivity contribution in [2.45, 2.75) is 31.3 Å². The highest BCUT2D eigenvalue weighted by molar-refractivity contribution is 5.87. The van der Waals surface area contributed by atoms with Gasteiger partial charge in [0, 0.05) is 18.2 Å². The van der Waals surface area contributed by atoms with Gasteiger partial charge in [-0.25, -0.2) is 4.79 Å². The number of nitrogens with zero attached hydrogens (tertiary/aromatic N) is 1. The zero-order valence-electron chi connectivity index (χ0n) is 16.4. The van der Waals surface area contributed by atoms with Crippen molar-refractivity contribution in [1.82, 2.24) is 5.32 Å². The summed E-state index contributed by atoms with van der Waals surface area (Å²) in [4.78, 5) is 11.0. The van der Waals surface area contributed by atoms with E-state index >= 15 is 0 Å². The lowest BCUT2D eigenvalue weighted by Crippen LogP contribution is -2.49. The van der Waals surface area contributed by atoms with E-state index in [0.717, 1.165) is 37.2 Å². The lowest BCUT2D eigenvalue weighted by atomic mass is 9.77. The molecule has 0 amide bonds. The van der Waals surface area contributed by atoms with E-state index < -0.39 is 11.6 Å². The number of nitrogens with one attached hydrogen (secondary N) is 2. The van der Waals surface area contributed by atoms with E-state index in [-0.39, 0.29) is 11.5 Å². The number of piperidine rings is 1. The molecule has 1 heterocycles. The Morgan fingerprint density at radius 3 is 2.59 bits per heavy atom. The normalized spacial score (nSPS) is 16.6. The maximum Gasteiger partial charge on any atom is 0.335 e. The largest absolute Gasteiger partial charge is 0.478 e. The minimum atomic E-state index is -0.946. The summed E-state index contributed by atoms with van der Waals surface area (Å²) in [5.41, 5.74) is 2.09. The monoisotopic (exact) mass is 393 g/mol. The quantitative estimate of drug-likeness (QED) is 0.549. The van der Waals surface area contributed by atoms with E-state index in [1.165, 1.54) is 0 Å². The number of rotatable bonds is 8. The zero-order valence-corrected chi connectivity index (χ0v) is 16.4. The lowest BCUT2D eigenvalue weighted by Gasteiger charge is -2.40. The molecule has 0 saturated carbocycles. The van der Waals surface area contributed by atoms with E-state index in [4.69, 9.17) is 10.4 Å². The maximum atomic E-state index is 11.3. The number of carbonyl (C=O) groups is 1. The molecule has 0 aromatic heterocycles. The van der Waals surface area contributed by atoms with Gasteiger partial charge >= 0.3 is 5.97 Å². The molecule has 2 aromatic rings. The first-order valence-corrected chi connectivity index (χ1v) is 9.99. The predicted molar refractivity (Wildman–Crippen MR) is 112 cm³/mol. The number of benzene rings is 2. The summed E-state index contributed by atoms with van der Waals surface area (Å²) in [5, 5.41) is 36.1. The fourth-order valence-corrected chi connectivity index (χ4v) is 3.94. The second-order valence-electron chi connectivity index (χ2n) is 7.66. The molecular weight excluding hydrogens is 366 g/mol. The van der Waals surface area contributed by atoms with Crippen molar-refractivity contribution < 1.29 is 15.0 Å². The topological polar surface area (TPSA) is 105 Å². The molecule has 0 radical (unpaired) electrons. The molecule has 0 spiro atoms. The summed E-state index contributed by atoms with van der Waals surface area (Å²) in [6.45, 7) is 2.19. The summed E-state index contributed by atoms with van der Waals surface area (Å²) in [6, 6.07) is 16.4. The van der Waals surface area contributed by atoms with Crippen molar-refractivity contribution in [2.24, 2.45) is 5.92 Å². The molecule has 1 aliphatic heterocycles. The van der Waals surface area contributed by atoms with E-state index in [1.807, 2.05) is 18.2 Å². The molecular formula is C23H27N3O3. The van der Waals surface area contributed by atoms with Crippen LogP contribution >= 0.6 is 0 Å². The summed E-state index contributed by atoms with van der Waals surface area (Å²) in [5.74, 6) is -0.910. The molecule has 2 aromatic carbocycles. The van der Waals surface area contributed by atoms with Crippen LogP contribution in [0.5, 0.6) is 0 Å². The number of hydrogen-bond acceptors (Lipinski definition) is 5. The Labute approximate surface area is 171 Å². The second kappa shape index (κ2) is 9.55. The molecule has 1 atom stereocenters. The van der Waals surface area contributed by atoms with E-state index in [9.17, 15) is 9.90 Å². The molecule has 1 fully saturated rings. The van der Waals surface area contributed by atoms with Crippen molar-refractivity contribution in [1.29, 1.82) is 5.26 Å². The van der Waals surface area contributed by atoms with Crippen LogP contribution in [-0.4, -0.2) is 41.4 Å². The minimum Gasteiger partial charge on any atom is -0.478 e. The fraction of sp³-hybridized carbons (Fsp3) is 0.391. The molecule has 1 saturated heterocycles. The smallest absolute Gasteiger partial charge is 0.335 e. The molecule has 4 N–H and O–H groups in total. The van der Waals surface area contributed by atoms with Crippen molar-refractivity contribution in [3.63, 3.8) is 0 Å². The molecule has 0 aliphatic carbocycles. The highest BCUT2D eigenvalue weighted by Gasteiger charge is 2.37. The summed E-state index contributed by atoms with van der Waals surface area (Å²) < 4.78 is 0. The Morgan fingerprint density at radius 1 is 1.21 bits per heavy atom. The van der Waals surface area contributed by atoms with Gasteiger partial charge in [0.05, 0.1) is 22.8 Å². The molecule has 6 heteroatoms. The summed E-state index contributed by atoms with van der Waals surface area (Å²) in [7, 11) is 0. The number of anilines is 1. The molecule has 152 valence electrons. The molecule has 3 rings (SSSR count). The van der Waals surface area contributed by atoms with Gasteiger partial charge in [-0.15, -0.1) is 0 Å². The average molecular weight is 393 g/mol. The number of aryl methyl sites for hydroxylation is 1. The maximum absolute atomic E-state index is 11.3. The first-order chi connectivity index (χ1) is 14.0. The van der Waals surface area contributed by atoms with Gasteiger partial charge in [-0.1, -0.05) is 12.1 Å². The van der Waals surface area contributed by atoms with Gasteiger partial charge in [-0.2, -0.15) is 5.26 Å².